The first-order valence-corrected chi connectivity index (χ1v) is 8.87. The average Bonchev–Trinajstić information content (AvgIpc) is 3.26. The Balaban J connectivity index is 1.50. The number of amides is 1. The summed E-state index contributed by atoms with van der Waals surface area (Å²) >= 11 is 0. The molecule has 4 aromatic rings. The molecule has 0 saturated carbocycles. The maximum Gasteiger partial charge on any atom is 0.244 e. The average molecular weight is 360 g/mol. The third kappa shape index (κ3) is 3.44. The first-order valence-electron chi connectivity index (χ1n) is 8.87. The van der Waals surface area contributed by atoms with E-state index < -0.39 is 0 Å². The number of benzene rings is 2. The minimum Gasteiger partial charge on any atom is -0.325 e. The van der Waals surface area contributed by atoms with Gasteiger partial charge in [0.05, 0.1) is 11.0 Å². The summed E-state index contributed by atoms with van der Waals surface area (Å²) in [5.41, 5.74) is 3.51. The Labute approximate surface area is 156 Å². The molecule has 0 radical (unpaired) electrons. The molecule has 0 bridgehead atoms. The summed E-state index contributed by atoms with van der Waals surface area (Å²) in [6.07, 6.45) is 0.771. The quantitative estimate of drug-likeness (QED) is 0.571. The fraction of sp³-hybridized carbons (Fsp3) is 0.200. The molecule has 1 amide bonds. The van der Waals surface area contributed by atoms with Crippen LogP contribution in [-0.4, -0.2) is 30.6 Å². The van der Waals surface area contributed by atoms with E-state index in [1.165, 1.54) is 0 Å². The van der Waals surface area contributed by atoms with Gasteiger partial charge in [-0.3, -0.25) is 9.89 Å². The molecule has 0 unspecified atom stereocenters. The summed E-state index contributed by atoms with van der Waals surface area (Å²) in [4.78, 5) is 21.5. The Morgan fingerprint density at radius 1 is 1.11 bits per heavy atom. The number of H-pyrrole nitrogens is 1. The van der Waals surface area contributed by atoms with Crippen LogP contribution in [0.25, 0.3) is 22.4 Å². The van der Waals surface area contributed by atoms with Crippen LogP contribution in [0.2, 0.25) is 0 Å². The molecule has 2 heterocycles. The summed E-state index contributed by atoms with van der Waals surface area (Å²) in [5.74, 6) is 2.22. The molecule has 2 aromatic carbocycles. The summed E-state index contributed by atoms with van der Waals surface area (Å²) < 4.78 is 1.97. The normalized spacial score (nSPS) is 11.0. The van der Waals surface area contributed by atoms with E-state index in [1.54, 1.807) is 0 Å². The van der Waals surface area contributed by atoms with E-state index in [2.05, 4.69) is 25.5 Å². The minimum absolute atomic E-state index is 0.0886. The number of hydrogen-bond acceptors (Lipinski definition) is 4. The lowest BCUT2D eigenvalue weighted by atomic mass is 10.2. The molecule has 7 heteroatoms. The summed E-state index contributed by atoms with van der Waals surface area (Å²) in [7, 11) is 0. The van der Waals surface area contributed by atoms with Crippen LogP contribution >= 0.6 is 0 Å². The highest BCUT2D eigenvalue weighted by molar-refractivity contribution is 5.92. The van der Waals surface area contributed by atoms with Crippen molar-refractivity contribution in [2.24, 2.45) is 0 Å². The zero-order chi connectivity index (χ0) is 18.8. The van der Waals surface area contributed by atoms with Gasteiger partial charge < -0.3 is 9.88 Å². The third-order valence-corrected chi connectivity index (χ3v) is 4.38. The minimum atomic E-state index is -0.0886. The highest BCUT2D eigenvalue weighted by Gasteiger charge is 2.12. The van der Waals surface area contributed by atoms with Crippen LogP contribution in [0.1, 0.15) is 18.6 Å². The molecular formula is C20H20N6O. The van der Waals surface area contributed by atoms with Crippen LogP contribution in [0.4, 0.5) is 5.69 Å². The highest BCUT2D eigenvalue weighted by atomic mass is 16.1. The molecule has 4 rings (SSSR count). The van der Waals surface area contributed by atoms with Crippen molar-refractivity contribution in [3.63, 3.8) is 0 Å². The van der Waals surface area contributed by atoms with E-state index in [-0.39, 0.29) is 12.5 Å². The first kappa shape index (κ1) is 17.0. The monoisotopic (exact) mass is 360 g/mol. The Bertz CT molecular complexity index is 1090. The maximum absolute atomic E-state index is 12.6. The Morgan fingerprint density at radius 3 is 2.59 bits per heavy atom. The lowest BCUT2D eigenvalue weighted by Crippen LogP contribution is -2.20. The largest absolute Gasteiger partial charge is 0.325 e. The number of imidazole rings is 1. The second-order valence-corrected chi connectivity index (χ2v) is 6.33. The van der Waals surface area contributed by atoms with E-state index in [1.807, 2.05) is 66.9 Å². The second-order valence-electron chi connectivity index (χ2n) is 6.33. The van der Waals surface area contributed by atoms with Gasteiger partial charge in [-0.25, -0.2) is 9.97 Å². The molecule has 0 aliphatic carbocycles. The lowest BCUT2D eigenvalue weighted by molar-refractivity contribution is -0.116. The predicted octanol–water partition coefficient (Wildman–Crippen LogP) is 3.33. The van der Waals surface area contributed by atoms with Crippen molar-refractivity contribution in [2.45, 2.75) is 26.8 Å². The number of aromatic amines is 1. The van der Waals surface area contributed by atoms with Crippen LogP contribution in [0.15, 0.2) is 48.5 Å². The van der Waals surface area contributed by atoms with Crippen molar-refractivity contribution in [1.29, 1.82) is 0 Å². The molecule has 0 atom stereocenters. The Kier molecular flexibility index (Phi) is 4.42. The fourth-order valence-corrected chi connectivity index (χ4v) is 3.09. The molecular weight excluding hydrogens is 340 g/mol. The van der Waals surface area contributed by atoms with Gasteiger partial charge in [0.15, 0.2) is 5.82 Å². The van der Waals surface area contributed by atoms with Crippen LogP contribution < -0.4 is 5.32 Å². The fourth-order valence-electron chi connectivity index (χ4n) is 3.09. The molecule has 136 valence electrons. The Morgan fingerprint density at radius 2 is 1.89 bits per heavy atom. The zero-order valence-corrected chi connectivity index (χ0v) is 15.2. The number of aromatic nitrogens is 5. The summed E-state index contributed by atoms with van der Waals surface area (Å²) in [6.45, 7) is 4.13. The van der Waals surface area contributed by atoms with E-state index in [0.717, 1.165) is 40.4 Å². The number of nitrogens with one attached hydrogen (secondary N) is 2. The second kappa shape index (κ2) is 7.03. The number of rotatable bonds is 5. The van der Waals surface area contributed by atoms with Crippen molar-refractivity contribution >= 4 is 22.6 Å². The molecule has 2 aromatic heterocycles. The number of para-hydroxylation sites is 2. The first-order chi connectivity index (χ1) is 13.1. The smallest absolute Gasteiger partial charge is 0.244 e. The van der Waals surface area contributed by atoms with Gasteiger partial charge in [-0.1, -0.05) is 19.1 Å². The number of fused-ring (bicyclic) bond motifs is 1. The molecule has 0 fully saturated rings. The molecule has 27 heavy (non-hydrogen) atoms. The number of hydrogen-bond donors (Lipinski definition) is 2. The number of aryl methyl sites for hydroxylation is 2. The number of carbonyl (C=O) groups is 1. The molecule has 7 nitrogen and oxygen atoms in total. The van der Waals surface area contributed by atoms with E-state index >= 15 is 0 Å². The Hall–Kier alpha value is -3.48. The SMILES string of the molecule is CCc1nc2ccccc2n1CC(=O)Nc1ccc(-c2n[nH]c(C)n2)cc1. The molecule has 0 saturated heterocycles. The molecule has 2 N–H and O–H groups in total. The van der Waals surface area contributed by atoms with Gasteiger partial charge >= 0.3 is 0 Å². The molecule has 0 aliphatic rings. The van der Waals surface area contributed by atoms with Gasteiger partial charge in [-0.15, -0.1) is 0 Å². The number of carbonyl (C=O) groups excluding carboxylic acids is 1. The van der Waals surface area contributed by atoms with Crippen LogP contribution in [0.5, 0.6) is 0 Å². The standard InChI is InChI=1S/C20H20N6O/c1-3-18-23-16-6-4-5-7-17(16)26(18)12-19(27)22-15-10-8-14(9-11-15)20-21-13(2)24-25-20/h4-11H,3,12H2,1-2H3,(H,22,27)(H,21,24,25). The van der Waals surface area contributed by atoms with Gasteiger partial charge in [0.1, 0.15) is 18.2 Å². The van der Waals surface area contributed by atoms with Crippen molar-refractivity contribution in [3.8, 4) is 11.4 Å². The van der Waals surface area contributed by atoms with Crippen LogP contribution in [-0.2, 0) is 17.8 Å². The maximum atomic E-state index is 12.6. The summed E-state index contributed by atoms with van der Waals surface area (Å²) in [6, 6.07) is 15.4. The molecule has 0 aliphatic heterocycles. The number of nitrogens with zero attached hydrogens (tertiary/aromatic N) is 4. The zero-order valence-electron chi connectivity index (χ0n) is 15.2. The van der Waals surface area contributed by atoms with E-state index in [9.17, 15) is 4.79 Å². The highest BCUT2D eigenvalue weighted by Crippen LogP contribution is 2.19. The van der Waals surface area contributed by atoms with E-state index in [4.69, 9.17) is 0 Å². The van der Waals surface area contributed by atoms with Crippen molar-refractivity contribution < 1.29 is 4.79 Å². The van der Waals surface area contributed by atoms with Crippen LogP contribution in [0.3, 0.4) is 0 Å². The van der Waals surface area contributed by atoms with Crippen LogP contribution in [0, 0.1) is 6.92 Å². The molecule has 0 spiro atoms. The van der Waals surface area contributed by atoms with Crippen molar-refractivity contribution in [3.05, 3.63) is 60.2 Å². The van der Waals surface area contributed by atoms with E-state index in [0.29, 0.717) is 5.82 Å². The van der Waals surface area contributed by atoms with Gasteiger partial charge in [0, 0.05) is 17.7 Å². The summed E-state index contributed by atoms with van der Waals surface area (Å²) in [5, 5.41) is 9.91. The van der Waals surface area contributed by atoms with Gasteiger partial charge in [-0.05, 0) is 43.3 Å². The van der Waals surface area contributed by atoms with Gasteiger partial charge in [0.25, 0.3) is 0 Å². The number of anilines is 1. The van der Waals surface area contributed by atoms with Gasteiger partial charge in [-0.2, -0.15) is 5.10 Å². The van der Waals surface area contributed by atoms with Crippen molar-refractivity contribution in [2.75, 3.05) is 5.32 Å². The van der Waals surface area contributed by atoms with Gasteiger partial charge in [0.2, 0.25) is 5.91 Å². The lowest BCUT2D eigenvalue weighted by Gasteiger charge is -2.09. The topological polar surface area (TPSA) is 88.5 Å². The van der Waals surface area contributed by atoms with Crippen molar-refractivity contribution in [1.82, 2.24) is 24.7 Å². The predicted molar refractivity (Wildman–Crippen MR) is 104 cm³/mol. The third-order valence-electron chi connectivity index (χ3n) is 4.38.